The molecule has 43 heavy (non-hydrogen) atoms. The van der Waals surface area contributed by atoms with E-state index in [-0.39, 0.29) is 11.7 Å². The molecule has 0 saturated heterocycles. The van der Waals surface area contributed by atoms with Crippen molar-refractivity contribution in [3.8, 4) is 0 Å². The topological polar surface area (TPSA) is 134 Å². The summed E-state index contributed by atoms with van der Waals surface area (Å²) in [6.07, 6.45) is 4.51. The number of nitrogens with one attached hydrogen (secondary N) is 1. The number of hydrogen-bond acceptors (Lipinski definition) is 6. The van der Waals surface area contributed by atoms with Crippen LogP contribution < -0.4 is 5.32 Å². The number of carbonyl (C=O) groups excluding carboxylic acids is 1. The van der Waals surface area contributed by atoms with Crippen LogP contribution in [0.15, 0.2) is 96.4 Å². The van der Waals surface area contributed by atoms with E-state index in [0.717, 1.165) is 39.3 Å². The third kappa shape index (κ3) is 8.73. The highest BCUT2D eigenvalue weighted by atomic mass is 32.2. The number of carbonyl (C=O) groups is 3. The first-order chi connectivity index (χ1) is 20.7. The van der Waals surface area contributed by atoms with Gasteiger partial charge < -0.3 is 20.1 Å². The van der Waals surface area contributed by atoms with Crippen LogP contribution in [-0.4, -0.2) is 42.6 Å². The fraction of sp³-hybridized carbons (Fsp3) is 0.156. The van der Waals surface area contributed by atoms with Gasteiger partial charge in [-0.15, -0.1) is 0 Å². The molecule has 2 aromatic heterocycles. The fourth-order valence-corrected chi connectivity index (χ4v) is 5.08. The first kappa shape index (κ1) is 30.9. The molecule has 1 amide bonds. The molecule has 3 N–H and O–H groups in total. The Morgan fingerprint density at radius 3 is 2.21 bits per heavy atom. The SMILES string of the molecule is CCc1ccc(CNC(=O)c2ccc(CSc3nc4ccncc4n3Cc3cccc(F)c3)cc2)cc1.O=C(O)C(=O)O. The molecule has 0 atom stereocenters. The molecule has 2 heterocycles. The lowest BCUT2D eigenvalue weighted by Crippen LogP contribution is -2.22. The zero-order valence-corrected chi connectivity index (χ0v) is 24.1. The molecule has 9 nitrogen and oxygen atoms in total. The van der Waals surface area contributed by atoms with Crippen molar-refractivity contribution in [1.82, 2.24) is 19.9 Å². The summed E-state index contributed by atoms with van der Waals surface area (Å²) in [6.45, 7) is 3.12. The monoisotopic (exact) mass is 600 g/mol. The van der Waals surface area contributed by atoms with Crippen LogP contribution in [0.1, 0.15) is 39.5 Å². The number of aliphatic carboxylic acids is 2. The number of carboxylic acid groups (broad SMARTS) is 2. The van der Waals surface area contributed by atoms with Crippen molar-refractivity contribution in [2.75, 3.05) is 0 Å². The number of rotatable bonds is 9. The molecule has 0 saturated carbocycles. The second kappa shape index (κ2) is 14.7. The lowest BCUT2D eigenvalue weighted by Gasteiger charge is -2.10. The number of aryl methyl sites for hydroxylation is 1. The predicted molar refractivity (Wildman–Crippen MR) is 161 cm³/mol. The third-order valence-corrected chi connectivity index (χ3v) is 7.44. The fourth-order valence-electron chi connectivity index (χ4n) is 4.11. The minimum absolute atomic E-state index is 0.0943. The highest BCUT2D eigenvalue weighted by molar-refractivity contribution is 7.98. The third-order valence-electron chi connectivity index (χ3n) is 6.40. The van der Waals surface area contributed by atoms with E-state index in [1.165, 1.54) is 11.6 Å². The number of benzene rings is 3. The van der Waals surface area contributed by atoms with Gasteiger partial charge in [0.1, 0.15) is 5.82 Å². The lowest BCUT2D eigenvalue weighted by atomic mass is 10.1. The van der Waals surface area contributed by atoms with Crippen molar-refractivity contribution in [1.29, 1.82) is 0 Å². The van der Waals surface area contributed by atoms with Gasteiger partial charge in [0.05, 0.1) is 23.8 Å². The van der Waals surface area contributed by atoms with Crippen LogP contribution in [-0.2, 0) is 34.9 Å². The first-order valence-electron chi connectivity index (χ1n) is 13.3. The van der Waals surface area contributed by atoms with Crippen molar-refractivity contribution in [2.45, 2.75) is 37.3 Å². The van der Waals surface area contributed by atoms with E-state index in [4.69, 9.17) is 24.8 Å². The van der Waals surface area contributed by atoms with Crippen molar-refractivity contribution in [3.05, 3.63) is 125 Å². The molecule has 220 valence electrons. The quantitative estimate of drug-likeness (QED) is 0.148. The highest BCUT2D eigenvalue weighted by Crippen LogP contribution is 2.27. The average Bonchev–Trinajstić information content (AvgIpc) is 3.36. The second-order valence-electron chi connectivity index (χ2n) is 9.42. The molecule has 0 bridgehead atoms. The van der Waals surface area contributed by atoms with Gasteiger partial charge in [-0.3, -0.25) is 9.78 Å². The normalized spacial score (nSPS) is 10.6. The van der Waals surface area contributed by atoms with Gasteiger partial charge in [0.25, 0.3) is 5.91 Å². The molecule has 0 aliphatic carbocycles. The van der Waals surface area contributed by atoms with Crippen molar-refractivity contribution < 1.29 is 29.0 Å². The number of halogens is 1. The Labute approximate surface area is 251 Å². The van der Waals surface area contributed by atoms with Gasteiger partial charge in [-0.2, -0.15) is 0 Å². The summed E-state index contributed by atoms with van der Waals surface area (Å²) in [5.41, 5.74) is 6.69. The van der Waals surface area contributed by atoms with Crippen LogP contribution in [0.4, 0.5) is 4.39 Å². The number of amides is 1. The van der Waals surface area contributed by atoms with E-state index in [0.29, 0.717) is 24.4 Å². The Hall–Kier alpha value is -5.03. The Bertz CT molecular complexity index is 1710. The van der Waals surface area contributed by atoms with E-state index in [1.54, 1.807) is 36.3 Å². The molecule has 0 radical (unpaired) electrons. The lowest BCUT2D eigenvalue weighted by molar-refractivity contribution is -0.159. The molecule has 11 heteroatoms. The summed E-state index contributed by atoms with van der Waals surface area (Å²) >= 11 is 1.60. The van der Waals surface area contributed by atoms with Gasteiger partial charge in [-0.05, 0) is 59.0 Å². The molecule has 0 unspecified atom stereocenters. The molecule has 0 aliphatic rings. The Morgan fingerprint density at radius 2 is 1.56 bits per heavy atom. The number of thioether (sulfide) groups is 1. The first-order valence-corrected chi connectivity index (χ1v) is 14.3. The second-order valence-corrected chi connectivity index (χ2v) is 10.4. The standard InChI is InChI=1S/C30H27FN4OS.C2H2O4/c1-2-21-6-8-22(9-7-21)17-33-29(36)25-12-10-23(11-13-25)20-37-30-34-27-14-15-32-18-28(27)35(30)19-24-4-3-5-26(31)16-24;3-1(4)2(5)6/h3-16,18H,2,17,19-20H2,1H3,(H,33,36);(H,3,4)(H,5,6). The van der Waals surface area contributed by atoms with Crippen LogP contribution in [0.2, 0.25) is 0 Å². The number of imidazole rings is 1. The van der Waals surface area contributed by atoms with E-state index >= 15 is 0 Å². The Balaban J connectivity index is 0.000000641. The summed E-state index contributed by atoms with van der Waals surface area (Å²) in [6, 6.07) is 24.4. The molecular formula is C32H29FN4O5S. The number of pyridine rings is 1. The molecule has 5 rings (SSSR count). The summed E-state index contributed by atoms with van der Waals surface area (Å²) in [7, 11) is 0. The predicted octanol–water partition coefficient (Wildman–Crippen LogP) is 5.56. The van der Waals surface area contributed by atoms with Gasteiger partial charge in [-0.1, -0.05) is 67.2 Å². The number of fused-ring (bicyclic) bond motifs is 1. The maximum atomic E-state index is 13.8. The molecular weight excluding hydrogens is 571 g/mol. The average molecular weight is 601 g/mol. The molecule has 5 aromatic rings. The molecule has 0 fully saturated rings. The number of aromatic nitrogens is 3. The van der Waals surface area contributed by atoms with E-state index in [9.17, 15) is 9.18 Å². The van der Waals surface area contributed by atoms with E-state index in [1.807, 2.05) is 36.4 Å². The Morgan fingerprint density at radius 1 is 0.884 bits per heavy atom. The molecule has 0 aliphatic heterocycles. The van der Waals surface area contributed by atoms with Gasteiger partial charge in [0.2, 0.25) is 0 Å². The van der Waals surface area contributed by atoms with Crippen LogP contribution in [0.5, 0.6) is 0 Å². The number of hydrogen-bond donors (Lipinski definition) is 3. The minimum atomic E-state index is -1.82. The number of carboxylic acids is 2. The van der Waals surface area contributed by atoms with Crippen molar-refractivity contribution in [3.63, 3.8) is 0 Å². The van der Waals surface area contributed by atoms with Crippen LogP contribution >= 0.6 is 11.8 Å². The highest BCUT2D eigenvalue weighted by Gasteiger charge is 2.13. The van der Waals surface area contributed by atoms with E-state index < -0.39 is 11.9 Å². The van der Waals surface area contributed by atoms with Crippen LogP contribution in [0, 0.1) is 5.82 Å². The van der Waals surface area contributed by atoms with Crippen LogP contribution in [0.25, 0.3) is 11.0 Å². The maximum Gasteiger partial charge on any atom is 0.414 e. The van der Waals surface area contributed by atoms with Gasteiger partial charge in [-0.25, -0.2) is 19.0 Å². The molecule has 0 spiro atoms. The van der Waals surface area contributed by atoms with Crippen molar-refractivity contribution in [2.24, 2.45) is 0 Å². The zero-order chi connectivity index (χ0) is 30.8. The molecule has 3 aromatic carbocycles. The summed E-state index contributed by atoms with van der Waals surface area (Å²) < 4.78 is 15.8. The zero-order valence-electron chi connectivity index (χ0n) is 23.2. The van der Waals surface area contributed by atoms with Gasteiger partial charge in [0, 0.05) is 24.1 Å². The summed E-state index contributed by atoms with van der Waals surface area (Å²) in [4.78, 5) is 39.8. The Kier molecular flexibility index (Phi) is 10.6. The summed E-state index contributed by atoms with van der Waals surface area (Å²) in [5, 5.41) is 18.6. The smallest absolute Gasteiger partial charge is 0.414 e. The van der Waals surface area contributed by atoms with Gasteiger partial charge >= 0.3 is 11.9 Å². The van der Waals surface area contributed by atoms with Crippen molar-refractivity contribution >= 4 is 40.6 Å². The van der Waals surface area contributed by atoms with Crippen LogP contribution in [0.3, 0.4) is 0 Å². The van der Waals surface area contributed by atoms with Gasteiger partial charge in [0.15, 0.2) is 5.16 Å². The number of nitrogens with zero attached hydrogens (tertiary/aromatic N) is 3. The summed E-state index contributed by atoms with van der Waals surface area (Å²) in [5.74, 6) is -3.31. The maximum absolute atomic E-state index is 13.8. The van der Waals surface area contributed by atoms with E-state index in [2.05, 4.69) is 46.1 Å². The largest absolute Gasteiger partial charge is 0.473 e. The minimum Gasteiger partial charge on any atom is -0.473 e.